The minimum Gasteiger partial charge on any atom is -0.392 e. The maximum atomic E-state index is 12.7. The number of benzene rings is 3. The van der Waals surface area contributed by atoms with Gasteiger partial charge in [-0.25, -0.2) is 0 Å². The van der Waals surface area contributed by atoms with Crippen LogP contribution in [0, 0.1) is 10.1 Å². The highest BCUT2D eigenvalue weighted by Gasteiger charge is 2.34. The van der Waals surface area contributed by atoms with Crippen molar-refractivity contribution in [3.63, 3.8) is 0 Å². The number of rotatable bonds is 14. The molecule has 0 unspecified atom stereocenters. The second-order valence-electron chi connectivity index (χ2n) is 12.4. The fraction of sp³-hybridized carbons (Fsp3) is 0.444. The summed E-state index contributed by atoms with van der Waals surface area (Å²) in [6.07, 6.45) is 2.50. The highest BCUT2D eigenvalue weighted by molar-refractivity contribution is 5.90. The van der Waals surface area contributed by atoms with Gasteiger partial charge in [0.25, 0.3) is 5.69 Å². The molecule has 256 valence electrons. The highest BCUT2D eigenvalue weighted by Crippen LogP contribution is 2.39. The van der Waals surface area contributed by atoms with Crippen molar-refractivity contribution in [3.8, 4) is 0 Å². The zero-order valence-corrected chi connectivity index (χ0v) is 27.4. The fourth-order valence-corrected chi connectivity index (χ4v) is 6.13. The molecule has 2 aliphatic rings. The van der Waals surface area contributed by atoms with Crippen LogP contribution in [0.1, 0.15) is 68.1 Å². The van der Waals surface area contributed by atoms with Gasteiger partial charge in [0, 0.05) is 88.1 Å². The van der Waals surface area contributed by atoms with Crippen LogP contribution in [0.3, 0.4) is 0 Å². The summed E-state index contributed by atoms with van der Waals surface area (Å²) in [5, 5.41) is 26.3. The van der Waals surface area contributed by atoms with E-state index in [-0.39, 0.29) is 41.2 Å². The third-order valence-corrected chi connectivity index (χ3v) is 8.77. The molecule has 2 amide bonds. The summed E-state index contributed by atoms with van der Waals surface area (Å²) in [5.74, 6) is -0.111. The van der Waals surface area contributed by atoms with E-state index in [2.05, 4.69) is 20.4 Å². The molecule has 0 aliphatic carbocycles. The smallest absolute Gasteiger partial charge is 0.269 e. The molecule has 2 aliphatic heterocycles. The van der Waals surface area contributed by atoms with Crippen LogP contribution in [0.2, 0.25) is 0 Å². The Balaban J connectivity index is 1.20. The molecule has 0 saturated carbocycles. The third-order valence-electron chi connectivity index (χ3n) is 8.77. The van der Waals surface area contributed by atoms with Crippen molar-refractivity contribution in [2.45, 2.75) is 64.1 Å². The number of nitrogens with zero attached hydrogens (tertiary/aromatic N) is 3. The third kappa shape index (κ3) is 10.1. The number of hydrogen-bond acceptors (Lipinski definition) is 9. The van der Waals surface area contributed by atoms with Gasteiger partial charge in [-0.05, 0) is 48.2 Å². The number of ether oxygens (including phenoxy) is 2. The molecule has 0 radical (unpaired) electrons. The lowest BCUT2D eigenvalue weighted by Gasteiger charge is -2.41. The van der Waals surface area contributed by atoms with Crippen LogP contribution in [0.5, 0.6) is 0 Å². The maximum absolute atomic E-state index is 12.7. The number of amides is 2. The number of non-ortho nitro benzene ring substituents is 1. The van der Waals surface area contributed by atoms with E-state index in [9.17, 15) is 24.8 Å². The molecule has 3 aromatic rings. The number of carbonyl (C=O) groups is 2. The van der Waals surface area contributed by atoms with Crippen LogP contribution in [-0.4, -0.2) is 72.1 Å². The topological polar surface area (TPSA) is 147 Å². The Bertz CT molecular complexity index is 1510. The zero-order valence-electron chi connectivity index (χ0n) is 27.4. The first-order chi connectivity index (χ1) is 23.3. The summed E-state index contributed by atoms with van der Waals surface area (Å²) < 4.78 is 13.1. The largest absolute Gasteiger partial charge is 0.392 e. The van der Waals surface area contributed by atoms with Gasteiger partial charge in [0.2, 0.25) is 11.8 Å². The first-order valence-corrected chi connectivity index (χ1v) is 16.6. The first kappa shape index (κ1) is 35.0. The Morgan fingerprint density at radius 1 is 0.938 bits per heavy atom. The van der Waals surface area contributed by atoms with Crippen molar-refractivity contribution in [1.29, 1.82) is 0 Å². The Labute approximate surface area is 281 Å². The maximum Gasteiger partial charge on any atom is 0.269 e. The molecular formula is C36H45N5O7. The first-order valence-electron chi connectivity index (χ1n) is 16.6. The van der Waals surface area contributed by atoms with E-state index < -0.39 is 6.29 Å². The van der Waals surface area contributed by atoms with Gasteiger partial charge in [0.05, 0.1) is 23.7 Å². The van der Waals surface area contributed by atoms with Crippen molar-refractivity contribution in [2.75, 3.05) is 49.5 Å². The summed E-state index contributed by atoms with van der Waals surface area (Å²) in [5.41, 5.74) is 4.40. The molecule has 0 bridgehead atoms. The summed E-state index contributed by atoms with van der Waals surface area (Å²) in [6.45, 7) is 6.06. The molecule has 2 heterocycles. The molecule has 3 N–H and O–H groups in total. The Morgan fingerprint density at radius 3 is 2.38 bits per heavy atom. The molecule has 48 heavy (non-hydrogen) atoms. The monoisotopic (exact) mass is 659 g/mol. The number of unbranched alkanes of at least 4 members (excludes halogenated alkanes) is 2. The van der Waals surface area contributed by atoms with Crippen LogP contribution in [-0.2, 0) is 25.7 Å². The molecule has 2 fully saturated rings. The molecule has 0 spiro atoms. The Hall–Kier alpha value is -4.36. The predicted molar refractivity (Wildman–Crippen MR) is 182 cm³/mol. The van der Waals surface area contributed by atoms with Crippen molar-refractivity contribution in [3.05, 3.63) is 99.6 Å². The highest BCUT2D eigenvalue weighted by atomic mass is 16.7. The van der Waals surface area contributed by atoms with Crippen LogP contribution >= 0.6 is 0 Å². The van der Waals surface area contributed by atoms with Crippen molar-refractivity contribution in [1.82, 2.24) is 10.2 Å². The van der Waals surface area contributed by atoms with Crippen LogP contribution in [0.15, 0.2) is 72.8 Å². The molecule has 2 saturated heterocycles. The van der Waals surface area contributed by atoms with E-state index in [0.29, 0.717) is 25.1 Å². The average molecular weight is 660 g/mol. The Morgan fingerprint density at radius 2 is 1.69 bits per heavy atom. The number of aliphatic hydroxyl groups is 1. The van der Waals surface area contributed by atoms with Crippen molar-refractivity contribution >= 4 is 28.9 Å². The molecular weight excluding hydrogens is 614 g/mol. The van der Waals surface area contributed by atoms with Crippen molar-refractivity contribution in [2.24, 2.45) is 0 Å². The predicted octanol–water partition coefficient (Wildman–Crippen LogP) is 5.09. The molecule has 12 heteroatoms. The lowest BCUT2D eigenvalue weighted by Crippen LogP contribution is -2.49. The van der Waals surface area contributed by atoms with E-state index >= 15 is 0 Å². The Kier molecular flexibility index (Phi) is 12.5. The van der Waals surface area contributed by atoms with E-state index in [1.54, 1.807) is 24.3 Å². The normalized spacial score (nSPS) is 19.9. The SMILES string of the molecule is CC(=O)NCCCCCC(=O)Nc1cccc([C@@H]2O[C@H](CN3CCN(c4ccc([N+](=O)[O-])cc4)CC3)C[C@H](c3ccc(CO)cc3)O2)c1. The van der Waals surface area contributed by atoms with Gasteiger partial charge in [-0.2, -0.15) is 0 Å². The van der Waals surface area contributed by atoms with E-state index in [1.165, 1.54) is 6.92 Å². The summed E-state index contributed by atoms with van der Waals surface area (Å²) in [7, 11) is 0. The van der Waals surface area contributed by atoms with Crippen molar-refractivity contribution < 1.29 is 29.1 Å². The fourth-order valence-electron chi connectivity index (χ4n) is 6.13. The van der Waals surface area contributed by atoms with Gasteiger partial charge in [-0.15, -0.1) is 0 Å². The van der Waals surface area contributed by atoms with Gasteiger partial charge in [-0.3, -0.25) is 24.6 Å². The van der Waals surface area contributed by atoms with Gasteiger partial charge in [0.1, 0.15) is 0 Å². The van der Waals surface area contributed by atoms with E-state index in [1.807, 2.05) is 48.5 Å². The number of nitrogens with one attached hydrogen (secondary N) is 2. The summed E-state index contributed by atoms with van der Waals surface area (Å²) in [6, 6.07) is 22.1. The number of nitro groups is 1. The van der Waals surface area contributed by atoms with Gasteiger partial charge < -0.3 is 30.1 Å². The number of carbonyl (C=O) groups excluding carboxylic acids is 2. The second kappa shape index (κ2) is 17.2. The molecule has 3 atom stereocenters. The zero-order chi connectivity index (χ0) is 33.9. The molecule has 0 aromatic heterocycles. The molecule has 5 rings (SSSR count). The molecule has 3 aromatic carbocycles. The average Bonchev–Trinajstić information content (AvgIpc) is 3.10. The summed E-state index contributed by atoms with van der Waals surface area (Å²) >= 11 is 0. The van der Waals surface area contributed by atoms with Crippen LogP contribution < -0.4 is 15.5 Å². The summed E-state index contributed by atoms with van der Waals surface area (Å²) in [4.78, 5) is 39.0. The van der Waals surface area contributed by atoms with Crippen LogP contribution in [0.25, 0.3) is 0 Å². The number of anilines is 2. The minimum atomic E-state index is -0.640. The standard InChI is InChI=1S/C36H45N5O7/c1-26(43)37-17-4-2-3-8-35(44)38-30-7-5-6-29(22-30)36-47-33(23-34(48-36)28-11-9-27(25-42)10-12-28)24-39-18-20-40(21-19-39)31-13-15-32(16-14-31)41(45)46/h5-7,9-16,22,33-34,36,42H,2-4,8,17-21,23-25H2,1H3,(H,37,43)(H,38,44)/t33-,34+,36+/m0/s1. The number of hydrogen-bond donors (Lipinski definition) is 3. The van der Waals surface area contributed by atoms with Gasteiger partial charge >= 0.3 is 0 Å². The quantitative estimate of drug-likeness (QED) is 0.122. The van der Waals surface area contributed by atoms with Gasteiger partial charge in [0.15, 0.2) is 6.29 Å². The van der Waals surface area contributed by atoms with E-state index in [0.717, 1.165) is 74.4 Å². The minimum absolute atomic E-state index is 0.0262. The lowest BCUT2D eigenvalue weighted by molar-refractivity contribution is -0.384. The second-order valence-corrected chi connectivity index (χ2v) is 12.4. The number of piperazine rings is 1. The van der Waals surface area contributed by atoms with Crippen LogP contribution in [0.4, 0.5) is 17.1 Å². The van der Waals surface area contributed by atoms with E-state index in [4.69, 9.17) is 9.47 Å². The number of nitro benzene ring substituents is 1. The molecule has 12 nitrogen and oxygen atoms in total. The van der Waals surface area contributed by atoms with Gasteiger partial charge in [-0.1, -0.05) is 42.8 Å². The lowest BCUT2D eigenvalue weighted by atomic mass is 9.99. The number of aliphatic hydroxyl groups excluding tert-OH is 1.